The van der Waals surface area contributed by atoms with Crippen molar-refractivity contribution in [3.05, 3.63) is 48.4 Å². The first kappa shape index (κ1) is 24.1. The Morgan fingerprint density at radius 2 is 2.18 bits per heavy atom. The Morgan fingerprint density at radius 3 is 2.91 bits per heavy atom. The maximum Gasteiger partial charge on any atom is 0.308 e. The van der Waals surface area contributed by atoms with Gasteiger partial charge in [0.2, 0.25) is 0 Å². The molecule has 1 aliphatic carbocycles. The summed E-state index contributed by atoms with van der Waals surface area (Å²) in [5.41, 5.74) is 2.52. The molecular formula is C28H43N3O2. The van der Waals surface area contributed by atoms with E-state index >= 15 is 0 Å². The minimum atomic E-state index is -0.0397. The number of ether oxygens (including phenoxy) is 1. The third-order valence-corrected chi connectivity index (χ3v) is 8.16. The van der Waals surface area contributed by atoms with Gasteiger partial charge < -0.3 is 20.7 Å². The summed E-state index contributed by atoms with van der Waals surface area (Å²) in [4.78, 5) is 12.8. The molecule has 0 bridgehead atoms. The lowest BCUT2D eigenvalue weighted by Crippen LogP contribution is -2.47. The highest BCUT2D eigenvalue weighted by Crippen LogP contribution is 2.40. The summed E-state index contributed by atoms with van der Waals surface area (Å²) < 4.78 is 5.68. The minimum Gasteiger partial charge on any atom is -0.465 e. The predicted octanol–water partition coefficient (Wildman–Crippen LogP) is 4.45. The van der Waals surface area contributed by atoms with Crippen LogP contribution in [0.1, 0.15) is 58.8 Å². The molecule has 6 atom stereocenters. The summed E-state index contributed by atoms with van der Waals surface area (Å²) in [6.07, 6.45) is 18.5. The standard InChI is InChI=1S/C28H43N3O2/c1-4-22(28(32)33-14-12-21-17-29-18-21)15-24-16-23(11-10-19(24)2)25-8-6-13-30-27(25)26-9-5-7-20(3)31-26/h6,9-11,13,20-25,27,29-31H,2,4-5,7-8,12,14-18H2,1,3H3. The second kappa shape index (κ2) is 11.4. The number of hydrogen-bond donors (Lipinski definition) is 3. The number of nitrogens with one attached hydrogen (secondary N) is 3. The SMILES string of the molecule is C=C1C=CC(C2CC=CNC2C2=CCCC(C)N2)CC1CC(CC)C(=O)OCCC1CNC1. The summed E-state index contributed by atoms with van der Waals surface area (Å²) in [5.74, 6) is 1.94. The third kappa shape index (κ3) is 6.11. The topological polar surface area (TPSA) is 62.4 Å². The first-order chi connectivity index (χ1) is 16.0. The van der Waals surface area contributed by atoms with Gasteiger partial charge in [-0.1, -0.05) is 43.4 Å². The molecule has 5 nitrogen and oxygen atoms in total. The van der Waals surface area contributed by atoms with Gasteiger partial charge in [0.1, 0.15) is 0 Å². The zero-order valence-electron chi connectivity index (χ0n) is 20.5. The molecule has 0 spiro atoms. The van der Waals surface area contributed by atoms with Gasteiger partial charge in [-0.3, -0.25) is 4.79 Å². The van der Waals surface area contributed by atoms with Gasteiger partial charge in [-0.2, -0.15) is 0 Å². The second-order valence-electron chi connectivity index (χ2n) is 10.6. The molecule has 0 saturated carbocycles. The molecule has 33 heavy (non-hydrogen) atoms. The van der Waals surface area contributed by atoms with Crippen molar-refractivity contribution in [2.75, 3.05) is 19.7 Å². The van der Waals surface area contributed by atoms with E-state index in [0.717, 1.165) is 57.2 Å². The molecule has 0 radical (unpaired) electrons. The first-order valence-corrected chi connectivity index (χ1v) is 13.2. The first-order valence-electron chi connectivity index (χ1n) is 13.2. The summed E-state index contributed by atoms with van der Waals surface area (Å²) >= 11 is 0. The Balaban J connectivity index is 1.36. The van der Waals surface area contributed by atoms with Crippen molar-refractivity contribution in [1.82, 2.24) is 16.0 Å². The maximum absolute atomic E-state index is 12.8. The van der Waals surface area contributed by atoms with Crippen LogP contribution in [0.25, 0.3) is 0 Å². The highest BCUT2D eigenvalue weighted by atomic mass is 16.5. The monoisotopic (exact) mass is 453 g/mol. The highest BCUT2D eigenvalue weighted by molar-refractivity contribution is 5.72. The van der Waals surface area contributed by atoms with Gasteiger partial charge >= 0.3 is 5.97 Å². The Morgan fingerprint density at radius 1 is 1.33 bits per heavy atom. The minimum absolute atomic E-state index is 0.0191. The number of carbonyl (C=O) groups is 1. The van der Waals surface area contributed by atoms with Crippen LogP contribution in [-0.4, -0.2) is 37.7 Å². The molecule has 182 valence electrons. The molecule has 3 N–H and O–H groups in total. The molecule has 0 amide bonds. The lowest BCUT2D eigenvalue weighted by atomic mass is 9.70. The Kier molecular flexibility index (Phi) is 8.34. The summed E-state index contributed by atoms with van der Waals surface area (Å²) in [6, 6.07) is 0.858. The smallest absolute Gasteiger partial charge is 0.308 e. The number of hydrogen-bond acceptors (Lipinski definition) is 5. The van der Waals surface area contributed by atoms with E-state index in [2.05, 4.69) is 66.9 Å². The van der Waals surface area contributed by atoms with E-state index in [1.807, 2.05) is 0 Å². The fourth-order valence-corrected chi connectivity index (χ4v) is 5.80. The van der Waals surface area contributed by atoms with E-state index in [-0.39, 0.29) is 11.9 Å². The molecule has 4 rings (SSSR count). The van der Waals surface area contributed by atoms with E-state index in [4.69, 9.17) is 4.74 Å². The normalized spacial score (nSPS) is 32.8. The van der Waals surface area contributed by atoms with Crippen LogP contribution in [0.2, 0.25) is 0 Å². The van der Waals surface area contributed by atoms with Crippen molar-refractivity contribution in [2.45, 2.75) is 70.9 Å². The lowest BCUT2D eigenvalue weighted by Gasteiger charge is -2.41. The average Bonchev–Trinajstić information content (AvgIpc) is 2.80. The van der Waals surface area contributed by atoms with Gasteiger partial charge in [0.25, 0.3) is 0 Å². The molecule has 1 fully saturated rings. The lowest BCUT2D eigenvalue weighted by molar-refractivity contribution is -0.149. The number of esters is 1. The van der Waals surface area contributed by atoms with E-state index in [1.165, 1.54) is 12.1 Å². The zero-order valence-corrected chi connectivity index (χ0v) is 20.5. The van der Waals surface area contributed by atoms with Crippen molar-refractivity contribution < 1.29 is 9.53 Å². The van der Waals surface area contributed by atoms with Crippen LogP contribution in [-0.2, 0) is 9.53 Å². The zero-order chi connectivity index (χ0) is 23.2. The van der Waals surface area contributed by atoms with Gasteiger partial charge in [0.05, 0.1) is 18.6 Å². The summed E-state index contributed by atoms with van der Waals surface area (Å²) in [6.45, 7) is 11.4. The predicted molar refractivity (Wildman–Crippen MR) is 134 cm³/mol. The quantitative estimate of drug-likeness (QED) is 0.450. The molecule has 3 heterocycles. The third-order valence-electron chi connectivity index (χ3n) is 8.16. The maximum atomic E-state index is 12.8. The van der Waals surface area contributed by atoms with Crippen molar-refractivity contribution >= 4 is 5.97 Å². The van der Waals surface area contributed by atoms with Gasteiger partial charge in [0.15, 0.2) is 0 Å². The van der Waals surface area contributed by atoms with Crippen LogP contribution in [0.5, 0.6) is 0 Å². The van der Waals surface area contributed by atoms with Gasteiger partial charge in [0, 0.05) is 11.7 Å². The van der Waals surface area contributed by atoms with Gasteiger partial charge in [-0.15, -0.1) is 0 Å². The highest BCUT2D eigenvalue weighted by Gasteiger charge is 2.36. The van der Waals surface area contributed by atoms with E-state index in [0.29, 0.717) is 42.4 Å². The number of carbonyl (C=O) groups excluding carboxylic acids is 1. The van der Waals surface area contributed by atoms with Crippen LogP contribution in [0.3, 0.4) is 0 Å². The van der Waals surface area contributed by atoms with E-state index in [9.17, 15) is 4.79 Å². The van der Waals surface area contributed by atoms with Crippen molar-refractivity contribution in [1.29, 1.82) is 0 Å². The van der Waals surface area contributed by atoms with Crippen LogP contribution in [0.4, 0.5) is 0 Å². The largest absolute Gasteiger partial charge is 0.465 e. The molecule has 4 aliphatic rings. The molecule has 5 heteroatoms. The van der Waals surface area contributed by atoms with E-state index in [1.54, 1.807) is 0 Å². The number of allylic oxidation sites excluding steroid dienone is 5. The Bertz CT molecular complexity index is 782. The molecule has 3 aliphatic heterocycles. The van der Waals surface area contributed by atoms with Gasteiger partial charge in [-0.05, 0) is 94.8 Å². The summed E-state index contributed by atoms with van der Waals surface area (Å²) in [5, 5.41) is 10.7. The fourth-order valence-electron chi connectivity index (χ4n) is 5.80. The van der Waals surface area contributed by atoms with Crippen molar-refractivity contribution in [3.63, 3.8) is 0 Å². The van der Waals surface area contributed by atoms with Gasteiger partial charge in [-0.25, -0.2) is 0 Å². The molecule has 6 unspecified atom stereocenters. The molecule has 1 saturated heterocycles. The van der Waals surface area contributed by atoms with Crippen molar-refractivity contribution in [2.24, 2.45) is 29.6 Å². The molecule has 0 aromatic heterocycles. The van der Waals surface area contributed by atoms with Crippen LogP contribution < -0.4 is 16.0 Å². The summed E-state index contributed by atoms with van der Waals surface area (Å²) in [7, 11) is 0. The molecular weight excluding hydrogens is 410 g/mol. The Labute approximate surface area is 200 Å². The van der Waals surface area contributed by atoms with E-state index < -0.39 is 0 Å². The van der Waals surface area contributed by atoms with Crippen LogP contribution in [0, 0.1) is 29.6 Å². The molecule has 0 aromatic rings. The molecule has 0 aromatic carbocycles. The fraction of sp³-hybridized carbons (Fsp3) is 0.679. The average molecular weight is 454 g/mol. The Hall–Kier alpha value is -2.01. The number of rotatable bonds is 9. The van der Waals surface area contributed by atoms with Crippen LogP contribution >= 0.6 is 0 Å². The second-order valence-corrected chi connectivity index (χ2v) is 10.6. The van der Waals surface area contributed by atoms with Crippen LogP contribution in [0.15, 0.2) is 48.4 Å². The van der Waals surface area contributed by atoms with Crippen molar-refractivity contribution in [3.8, 4) is 0 Å².